The Labute approximate surface area is 116 Å². The Kier molecular flexibility index (Phi) is 3.67. The molecule has 96 valence electrons. The van der Waals surface area contributed by atoms with Crippen LogP contribution < -0.4 is 5.32 Å². The smallest absolute Gasteiger partial charge is 0.256 e. The molecule has 4 heteroatoms. The Morgan fingerprint density at radius 3 is 2.79 bits per heavy atom. The number of hydrogen-bond donors (Lipinski definition) is 1. The molecule has 1 aromatic carbocycles. The SMILES string of the molecule is C.O=C1Nc2cc(Cl)ccc2C1=Cc1ccccn1. The van der Waals surface area contributed by atoms with Gasteiger partial charge in [-0.25, -0.2) is 0 Å². The number of aromatic nitrogens is 1. The van der Waals surface area contributed by atoms with Crippen molar-refractivity contribution in [3.8, 4) is 0 Å². The van der Waals surface area contributed by atoms with E-state index in [1.807, 2.05) is 24.3 Å². The highest BCUT2D eigenvalue weighted by molar-refractivity contribution is 6.36. The third kappa shape index (κ3) is 2.51. The van der Waals surface area contributed by atoms with Crippen LogP contribution in [0.2, 0.25) is 5.02 Å². The van der Waals surface area contributed by atoms with Gasteiger partial charge in [-0.3, -0.25) is 9.78 Å². The van der Waals surface area contributed by atoms with Gasteiger partial charge in [-0.15, -0.1) is 0 Å². The van der Waals surface area contributed by atoms with Gasteiger partial charge in [-0.1, -0.05) is 31.2 Å². The first-order valence-corrected chi connectivity index (χ1v) is 5.86. The fourth-order valence-corrected chi connectivity index (χ4v) is 2.09. The normalized spacial score (nSPS) is 14.8. The van der Waals surface area contributed by atoms with Crippen LogP contribution in [-0.2, 0) is 4.79 Å². The molecule has 3 rings (SSSR count). The summed E-state index contributed by atoms with van der Waals surface area (Å²) in [5, 5.41) is 3.39. The number of amides is 1. The zero-order chi connectivity index (χ0) is 12.5. The van der Waals surface area contributed by atoms with Crippen molar-refractivity contribution in [2.24, 2.45) is 0 Å². The number of pyridine rings is 1. The molecule has 1 aliphatic rings. The third-order valence-corrected chi connectivity index (χ3v) is 2.98. The predicted octanol–water partition coefficient (Wildman–Crippen LogP) is 3.86. The molecule has 0 atom stereocenters. The summed E-state index contributed by atoms with van der Waals surface area (Å²) >= 11 is 5.90. The van der Waals surface area contributed by atoms with Gasteiger partial charge in [0.1, 0.15) is 0 Å². The predicted molar refractivity (Wildman–Crippen MR) is 78.9 cm³/mol. The van der Waals surface area contributed by atoms with Crippen LogP contribution in [0.15, 0.2) is 42.6 Å². The van der Waals surface area contributed by atoms with Crippen LogP contribution in [0.5, 0.6) is 0 Å². The second-order valence-electron chi connectivity index (χ2n) is 3.96. The van der Waals surface area contributed by atoms with Crippen LogP contribution in [0.3, 0.4) is 0 Å². The van der Waals surface area contributed by atoms with Crippen molar-refractivity contribution < 1.29 is 4.79 Å². The lowest BCUT2D eigenvalue weighted by Crippen LogP contribution is -2.03. The maximum Gasteiger partial charge on any atom is 0.256 e. The molecule has 0 fully saturated rings. The van der Waals surface area contributed by atoms with Gasteiger partial charge in [0, 0.05) is 16.8 Å². The number of nitrogens with one attached hydrogen (secondary N) is 1. The Bertz CT molecular complexity index is 650. The molecule has 0 radical (unpaired) electrons. The van der Waals surface area contributed by atoms with Crippen LogP contribution in [0.4, 0.5) is 5.69 Å². The van der Waals surface area contributed by atoms with Crippen LogP contribution in [0.25, 0.3) is 11.6 Å². The van der Waals surface area contributed by atoms with E-state index in [0.29, 0.717) is 10.6 Å². The van der Waals surface area contributed by atoms with Crippen molar-refractivity contribution in [3.63, 3.8) is 0 Å². The molecule has 1 N–H and O–H groups in total. The molecule has 1 aliphatic heterocycles. The summed E-state index contributed by atoms with van der Waals surface area (Å²) in [5.41, 5.74) is 2.97. The average molecular weight is 273 g/mol. The highest BCUT2D eigenvalue weighted by atomic mass is 35.5. The minimum Gasteiger partial charge on any atom is -0.321 e. The number of anilines is 1. The second-order valence-corrected chi connectivity index (χ2v) is 4.39. The number of fused-ring (bicyclic) bond motifs is 1. The minimum atomic E-state index is -0.127. The third-order valence-electron chi connectivity index (χ3n) is 2.74. The summed E-state index contributed by atoms with van der Waals surface area (Å²) in [6.07, 6.45) is 3.47. The summed E-state index contributed by atoms with van der Waals surface area (Å²) < 4.78 is 0. The van der Waals surface area contributed by atoms with Gasteiger partial charge in [0.05, 0.1) is 17.0 Å². The lowest BCUT2D eigenvalue weighted by Gasteiger charge is -1.98. The number of benzene rings is 1. The van der Waals surface area contributed by atoms with E-state index in [0.717, 1.165) is 16.9 Å². The molecule has 1 amide bonds. The van der Waals surface area contributed by atoms with E-state index in [1.54, 1.807) is 24.4 Å². The first-order chi connectivity index (χ1) is 8.74. The highest BCUT2D eigenvalue weighted by Crippen LogP contribution is 2.34. The number of nitrogens with zero attached hydrogens (tertiary/aromatic N) is 1. The Balaban J connectivity index is 0.00000133. The minimum absolute atomic E-state index is 0. The molecule has 1 aromatic heterocycles. The molecule has 0 unspecified atom stereocenters. The Morgan fingerprint density at radius 2 is 2.05 bits per heavy atom. The van der Waals surface area contributed by atoms with E-state index in [2.05, 4.69) is 10.3 Å². The largest absolute Gasteiger partial charge is 0.321 e. The molecule has 0 aliphatic carbocycles. The van der Waals surface area contributed by atoms with Crippen molar-refractivity contribution in [2.75, 3.05) is 5.32 Å². The Hall–Kier alpha value is -2.13. The van der Waals surface area contributed by atoms with Crippen molar-refractivity contribution in [3.05, 3.63) is 58.9 Å². The summed E-state index contributed by atoms with van der Waals surface area (Å²) in [5.74, 6) is -0.127. The summed E-state index contributed by atoms with van der Waals surface area (Å²) in [4.78, 5) is 16.1. The molecule has 3 nitrogen and oxygen atoms in total. The van der Waals surface area contributed by atoms with Gasteiger partial charge in [-0.2, -0.15) is 0 Å². The van der Waals surface area contributed by atoms with Crippen LogP contribution in [0, 0.1) is 0 Å². The summed E-state index contributed by atoms with van der Waals surface area (Å²) in [6.45, 7) is 0. The van der Waals surface area contributed by atoms with Crippen molar-refractivity contribution in [1.29, 1.82) is 0 Å². The quantitative estimate of drug-likeness (QED) is 0.801. The molecule has 0 saturated heterocycles. The van der Waals surface area contributed by atoms with E-state index >= 15 is 0 Å². The zero-order valence-electron chi connectivity index (χ0n) is 9.35. The molecular formula is C15H13ClN2O. The number of carbonyl (C=O) groups is 1. The maximum absolute atomic E-state index is 11.9. The average Bonchev–Trinajstić information content (AvgIpc) is 2.66. The molecular weight excluding hydrogens is 260 g/mol. The van der Waals surface area contributed by atoms with Gasteiger partial charge in [-0.05, 0) is 30.3 Å². The molecule has 0 spiro atoms. The van der Waals surface area contributed by atoms with Crippen molar-refractivity contribution in [2.45, 2.75) is 7.43 Å². The fourth-order valence-electron chi connectivity index (χ4n) is 1.92. The standard InChI is InChI=1S/C14H9ClN2O.CH4/c15-9-4-5-11-12(14(18)17-13(11)7-9)8-10-3-1-2-6-16-10;/h1-8H,(H,17,18);1H4. The monoisotopic (exact) mass is 272 g/mol. The molecule has 19 heavy (non-hydrogen) atoms. The molecule has 2 aromatic rings. The van der Waals surface area contributed by atoms with E-state index < -0.39 is 0 Å². The maximum atomic E-state index is 11.9. The number of halogens is 1. The van der Waals surface area contributed by atoms with Crippen LogP contribution >= 0.6 is 11.6 Å². The number of carbonyl (C=O) groups excluding carboxylic acids is 1. The van der Waals surface area contributed by atoms with Gasteiger partial charge in [0.25, 0.3) is 5.91 Å². The second kappa shape index (κ2) is 5.24. The van der Waals surface area contributed by atoms with Crippen LogP contribution in [-0.4, -0.2) is 10.9 Å². The first-order valence-electron chi connectivity index (χ1n) is 5.48. The van der Waals surface area contributed by atoms with E-state index in [4.69, 9.17) is 11.6 Å². The van der Waals surface area contributed by atoms with E-state index in [-0.39, 0.29) is 13.3 Å². The zero-order valence-corrected chi connectivity index (χ0v) is 10.1. The summed E-state index contributed by atoms with van der Waals surface area (Å²) in [7, 11) is 0. The number of hydrogen-bond acceptors (Lipinski definition) is 2. The van der Waals surface area contributed by atoms with Crippen molar-refractivity contribution >= 4 is 34.8 Å². The van der Waals surface area contributed by atoms with Crippen LogP contribution in [0.1, 0.15) is 18.7 Å². The molecule has 2 heterocycles. The van der Waals surface area contributed by atoms with Gasteiger partial charge in [0.2, 0.25) is 0 Å². The summed E-state index contributed by atoms with van der Waals surface area (Å²) in [6, 6.07) is 10.9. The lowest BCUT2D eigenvalue weighted by atomic mass is 10.1. The van der Waals surface area contributed by atoms with E-state index in [9.17, 15) is 4.79 Å². The molecule has 0 bridgehead atoms. The highest BCUT2D eigenvalue weighted by Gasteiger charge is 2.24. The molecule has 0 saturated carbocycles. The van der Waals surface area contributed by atoms with Crippen molar-refractivity contribution in [1.82, 2.24) is 4.98 Å². The first kappa shape index (κ1) is 13.3. The Morgan fingerprint density at radius 1 is 1.21 bits per heavy atom. The number of rotatable bonds is 1. The van der Waals surface area contributed by atoms with Gasteiger partial charge >= 0.3 is 0 Å². The van der Waals surface area contributed by atoms with Gasteiger partial charge in [0.15, 0.2) is 0 Å². The van der Waals surface area contributed by atoms with E-state index in [1.165, 1.54) is 0 Å². The topological polar surface area (TPSA) is 42.0 Å². The van der Waals surface area contributed by atoms with Gasteiger partial charge < -0.3 is 5.32 Å². The fraction of sp³-hybridized carbons (Fsp3) is 0.0667. The lowest BCUT2D eigenvalue weighted by molar-refractivity contribution is -0.110.